The lowest BCUT2D eigenvalue weighted by Crippen LogP contribution is -1.91. The van der Waals surface area contributed by atoms with Gasteiger partial charge >= 0.3 is 0 Å². The summed E-state index contributed by atoms with van der Waals surface area (Å²) in [6.07, 6.45) is 0. The highest BCUT2D eigenvalue weighted by Gasteiger charge is 2.13. The molecule has 0 unspecified atom stereocenters. The third-order valence-corrected chi connectivity index (χ3v) is 3.20. The van der Waals surface area contributed by atoms with Crippen molar-refractivity contribution in [3.05, 3.63) is 48.5 Å². The smallest absolute Gasteiger partial charge is 0.260 e. The lowest BCUT2D eigenvalue weighted by atomic mass is 10.1. The van der Waals surface area contributed by atoms with Crippen LogP contribution in [0.3, 0.4) is 0 Å². The average molecular weight is 281 g/mol. The molecule has 21 heavy (non-hydrogen) atoms. The summed E-state index contributed by atoms with van der Waals surface area (Å²) < 4.78 is 10.5. The van der Waals surface area contributed by atoms with Gasteiger partial charge in [-0.3, -0.25) is 0 Å². The van der Waals surface area contributed by atoms with Crippen LogP contribution in [0, 0.1) is 0 Å². The van der Waals surface area contributed by atoms with Crippen LogP contribution >= 0.6 is 0 Å². The molecule has 3 rings (SSSR count). The Kier molecular flexibility index (Phi) is 3.55. The van der Waals surface area contributed by atoms with Crippen molar-refractivity contribution in [2.45, 2.75) is 0 Å². The molecule has 106 valence electrons. The number of hydrogen-bond donors (Lipinski definition) is 1. The first-order valence-corrected chi connectivity index (χ1v) is 6.57. The van der Waals surface area contributed by atoms with Crippen LogP contribution < -0.4 is 10.1 Å². The van der Waals surface area contributed by atoms with Crippen molar-refractivity contribution in [3.8, 4) is 28.6 Å². The van der Waals surface area contributed by atoms with Crippen molar-refractivity contribution >= 4 is 5.69 Å². The van der Waals surface area contributed by atoms with E-state index in [1.54, 1.807) is 7.11 Å². The van der Waals surface area contributed by atoms with E-state index in [4.69, 9.17) is 9.26 Å². The van der Waals surface area contributed by atoms with Gasteiger partial charge in [-0.05, 0) is 36.4 Å². The van der Waals surface area contributed by atoms with Crippen LogP contribution in [0.1, 0.15) is 0 Å². The molecule has 1 aromatic heterocycles. The zero-order valence-electron chi connectivity index (χ0n) is 11.8. The normalized spacial score (nSPS) is 10.4. The predicted molar refractivity (Wildman–Crippen MR) is 81.3 cm³/mol. The van der Waals surface area contributed by atoms with Crippen LogP contribution in [0.25, 0.3) is 22.8 Å². The molecular formula is C16H15N3O2. The summed E-state index contributed by atoms with van der Waals surface area (Å²) in [5.41, 5.74) is 2.71. The van der Waals surface area contributed by atoms with E-state index in [9.17, 15) is 0 Å². The van der Waals surface area contributed by atoms with Crippen molar-refractivity contribution < 1.29 is 9.26 Å². The van der Waals surface area contributed by atoms with E-state index >= 15 is 0 Å². The Bertz CT molecular complexity index is 735. The zero-order valence-corrected chi connectivity index (χ0v) is 11.8. The Morgan fingerprint density at radius 2 is 1.81 bits per heavy atom. The van der Waals surface area contributed by atoms with Gasteiger partial charge in [-0.2, -0.15) is 4.98 Å². The van der Waals surface area contributed by atoms with E-state index < -0.39 is 0 Å². The van der Waals surface area contributed by atoms with Gasteiger partial charge in [0, 0.05) is 18.3 Å². The molecule has 0 saturated heterocycles. The number of hydrogen-bond acceptors (Lipinski definition) is 5. The van der Waals surface area contributed by atoms with Crippen molar-refractivity contribution in [3.63, 3.8) is 0 Å². The standard InChI is InChI=1S/C16H15N3O2/c1-17-14-6-4-3-5-13(14)16-18-15(19-21-16)11-7-9-12(20-2)10-8-11/h3-10,17H,1-2H3. The molecule has 0 aliphatic carbocycles. The molecule has 5 heteroatoms. The highest BCUT2D eigenvalue weighted by Crippen LogP contribution is 2.28. The Labute approximate surface area is 122 Å². The number of ether oxygens (including phenoxy) is 1. The summed E-state index contributed by atoms with van der Waals surface area (Å²) >= 11 is 0. The highest BCUT2D eigenvalue weighted by molar-refractivity contribution is 5.73. The molecule has 5 nitrogen and oxygen atoms in total. The molecule has 1 N–H and O–H groups in total. The highest BCUT2D eigenvalue weighted by atomic mass is 16.5. The fourth-order valence-electron chi connectivity index (χ4n) is 2.08. The predicted octanol–water partition coefficient (Wildman–Crippen LogP) is 3.45. The maximum atomic E-state index is 5.37. The Hall–Kier alpha value is -2.82. The minimum atomic E-state index is 0.491. The molecule has 0 spiro atoms. The van der Waals surface area contributed by atoms with E-state index in [2.05, 4.69) is 15.5 Å². The number of aromatic nitrogens is 2. The van der Waals surface area contributed by atoms with Gasteiger partial charge < -0.3 is 14.6 Å². The molecule has 2 aromatic carbocycles. The summed E-state index contributed by atoms with van der Waals surface area (Å²) in [6, 6.07) is 15.3. The van der Waals surface area contributed by atoms with Gasteiger partial charge in [0.05, 0.1) is 12.7 Å². The molecule has 0 aliphatic heterocycles. The Morgan fingerprint density at radius 1 is 1.05 bits per heavy atom. The minimum absolute atomic E-state index is 0.491. The third kappa shape index (κ3) is 2.58. The fraction of sp³-hybridized carbons (Fsp3) is 0.125. The van der Waals surface area contributed by atoms with Gasteiger partial charge in [0.2, 0.25) is 5.82 Å². The summed E-state index contributed by atoms with van der Waals surface area (Å²) in [5, 5.41) is 7.15. The number of rotatable bonds is 4. The third-order valence-electron chi connectivity index (χ3n) is 3.20. The molecule has 0 amide bonds. The monoisotopic (exact) mass is 281 g/mol. The van der Waals surface area contributed by atoms with Crippen molar-refractivity contribution in [2.75, 3.05) is 19.5 Å². The quantitative estimate of drug-likeness (QED) is 0.793. The van der Waals surface area contributed by atoms with E-state index in [1.807, 2.05) is 55.6 Å². The maximum Gasteiger partial charge on any atom is 0.260 e. The second-order valence-corrected chi connectivity index (χ2v) is 4.45. The largest absolute Gasteiger partial charge is 0.497 e. The van der Waals surface area contributed by atoms with Gasteiger partial charge in [0.1, 0.15) is 5.75 Å². The Morgan fingerprint density at radius 3 is 2.52 bits per heavy atom. The summed E-state index contributed by atoms with van der Waals surface area (Å²) in [6.45, 7) is 0. The second kappa shape index (κ2) is 5.66. The molecule has 0 radical (unpaired) electrons. The molecule has 1 heterocycles. The van der Waals surface area contributed by atoms with E-state index in [1.165, 1.54) is 0 Å². The van der Waals surface area contributed by atoms with Gasteiger partial charge in [0.15, 0.2) is 0 Å². The van der Waals surface area contributed by atoms with E-state index in [-0.39, 0.29) is 0 Å². The summed E-state index contributed by atoms with van der Waals surface area (Å²) in [5.74, 6) is 1.84. The van der Waals surface area contributed by atoms with E-state index in [0.29, 0.717) is 11.7 Å². The number of anilines is 1. The van der Waals surface area contributed by atoms with Gasteiger partial charge in [-0.25, -0.2) is 0 Å². The number of nitrogens with zero attached hydrogens (tertiary/aromatic N) is 2. The summed E-state index contributed by atoms with van der Waals surface area (Å²) in [7, 11) is 3.50. The van der Waals surface area contributed by atoms with Crippen LogP contribution in [0.15, 0.2) is 53.1 Å². The zero-order chi connectivity index (χ0) is 14.7. The first-order chi connectivity index (χ1) is 10.3. The molecule has 0 atom stereocenters. The fourth-order valence-corrected chi connectivity index (χ4v) is 2.08. The van der Waals surface area contributed by atoms with Crippen molar-refractivity contribution in [2.24, 2.45) is 0 Å². The van der Waals surface area contributed by atoms with Gasteiger partial charge in [0.25, 0.3) is 5.89 Å². The SMILES string of the molecule is CNc1ccccc1-c1nc(-c2ccc(OC)cc2)no1. The number of para-hydroxylation sites is 1. The number of methoxy groups -OCH3 is 1. The van der Waals surface area contributed by atoms with Crippen LogP contribution in [0.2, 0.25) is 0 Å². The van der Waals surface area contributed by atoms with E-state index in [0.717, 1.165) is 22.6 Å². The van der Waals surface area contributed by atoms with Crippen LogP contribution in [-0.2, 0) is 0 Å². The number of benzene rings is 2. The van der Waals surface area contributed by atoms with Crippen LogP contribution in [-0.4, -0.2) is 24.3 Å². The summed E-state index contributed by atoms with van der Waals surface area (Å²) in [4.78, 5) is 4.46. The average Bonchev–Trinajstić information content (AvgIpc) is 3.04. The molecule has 0 saturated carbocycles. The van der Waals surface area contributed by atoms with Crippen LogP contribution in [0.5, 0.6) is 5.75 Å². The maximum absolute atomic E-state index is 5.37. The number of nitrogens with one attached hydrogen (secondary N) is 1. The van der Waals surface area contributed by atoms with Crippen molar-refractivity contribution in [1.82, 2.24) is 10.1 Å². The topological polar surface area (TPSA) is 60.2 Å². The minimum Gasteiger partial charge on any atom is -0.497 e. The van der Waals surface area contributed by atoms with Crippen molar-refractivity contribution in [1.29, 1.82) is 0 Å². The molecule has 0 bridgehead atoms. The molecular weight excluding hydrogens is 266 g/mol. The Balaban J connectivity index is 1.95. The van der Waals surface area contributed by atoms with Gasteiger partial charge in [-0.15, -0.1) is 0 Å². The lowest BCUT2D eigenvalue weighted by molar-refractivity contribution is 0.415. The van der Waals surface area contributed by atoms with Gasteiger partial charge in [-0.1, -0.05) is 17.3 Å². The first-order valence-electron chi connectivity index (χ1n) is 6.57. The van der Waals surface area contributed by atoms with Crippen LogP contribution in [0.4, 0.5) is 5.69 Å². The molecule has 0 aliphatic rings. The molecule has 0 fully saturated rings. The lowest BCUT2D eigenvalue weighted by Gasteiger charge is -2.03. The molecule has 3 aromatic rings. The second-order valence-electron chi connectivity index (χ2n) is 4.45. The first kappa shape index (κ1) is 13.2.